The van der Waals surface area contributed by atoms with E-state index in [0.29, 0.717) is 23.9 Å². The molecule has 1 saturated carbocycles. The number of rotatable bonds is 3. The van der Waals surface area contributed by atoms with Crippen molar-refractivity contribution in [3.63, 3.8) is 0 Å². The first-order chi connectivity index (χ1) is 12.1. The van der Waals surface area contributed by atoms with E-state index in [1.54, 1.807) is 18.1 Å². The Kier molecular flexibility index (Phi) is 3.90. The number of methoxy groups -OCH3 is 1. The van der Waals surface area contributed by atoms with Gasteiger partial charge in [-0.15, -0.1) is 0 Å². The standard InChI is InChI=1S/C19H22N2O4/c1-25-16-8-4-7-14-13(16)9-15(20-14)18(22)21-10-11-5-2-3-6-12(11)17(21)19(23)24/h4,7-9,11-12,17,20H,2-3,5-6,10H2,1H3,(H,23,24). The molecule has 1 saturated heterocycles. The highest BCUT2D eigenvalue weighted by Crippen LogP contribution is 2.41. The van der Waals surface area contributed by atoms with Gasteiger partial charge in [0.05, 0.1) is 7.11 Å². The molecule has 2 aromatic rings. The lowest BCUT2D eigenvalue weighted by molar-refractivity contribution is -0.143. The highest BCUT2D eigenvalue weighted by Gasteiger charge is 2.48. The number of hydrogen-bond donors (Lipinski definition) is 2. The van der Waals surface area contributed by atoms with Crippen LogP contribution in [0.25, 0.3) is 10.9 Å². The molecule has 1 amide bonds. The van der Waals surface area contributed by atoms with Crippen LogP contribution in [0.3, 0.4) is 0 Å². The molecule has 2 heterocycles. The van der Waals surface area contributed by atoms with Crippen LogP contribution in [0.5, 0.6) is 5.75 Å². The molecule has 0 spiro atoms. The molecular formula is C19H22N2O4. The fraction of sp³-hybridized carbons (Fsp3) is 0.474. The third kappa shape index (κ3) is 2.56. The number of aliphatic carboxylic acids is 1. The van der Waals surface area contributed by atoms with E-state index < -0.39 is 12.0 Å². The van der Waals surface area contributed by atoms with E-state index in [2.05, 4.69) is 4.98 Å². The van der Waals surface area contributed by atoms with Crippen LogP contribution in [0, 0.1) is 11.8 Å². The predicted molar refractivity (Wildman–Crippen MR) is 92.8 cm³/mol. The van der Waals surface area contributed by atoms with E-state index in [1.807, 2.05) is 18.2 Å². The van der Waals surface area contributed by atoms with Crippen molar-refractivity contribution in [3.05, 3.63) is 30.0 Å². The largest absolute Gasteiger partial charge is 0.496 e. The van der Waals surface area contributed by atoms with Gasteiger partial charge in [0.1, 0.15) is 17.5 Å². The lowest BCUT2D eigenvalue weighted by Gasteiger charge is -2.27. The van der Waals surface area contributed by atoms with Crippen LogP contribution in [-0.4, -0.2) is 46.6 Å². The number of carboxylic acid groups (broad SMARTS) is 1. The topological polar surface area (TPSA) is 82.6 Å². The number of nitrogens with one attached hydrogen (secondary N) is 1. The van der Waals surface area contributed by atoms with E-state index in [9.17, 15) is 14.7 Å². The molecule has 1 aromatic carbocycles. The second kappa shape index (κ2) is 6.10. The fourth-order valence-electron chi connectivity index (χ4n) is 4.58. The number of H-pyrrole nitrogens is 1. The highest BCUT2D eigenvalue weighted by atomic mass is 16.5. The Morgan fingerprint density at radius 3 is 2.84 bits per heavy atom. The van der Waals surface area contributed by atoms with Crippen molar-refractivity contribution in [1.82, 2.24) is 9.88 Å². The number of carboxylic acids is 1. The van der Waals surface area contributed by atoms with E-state index >= 15 is 0 Å². The van der Waals surface area contributed by atoms with Gasteiger partial charge in [-0.3, -0.25) is 4.79 Å². The maximum absolute atomic E-state index is 13.1. The van der Waals surface area contributed by atoms with Crippen LogP contribution < -0.4 is 4.74 Å². The summed E-state index contributed by atoms with van der Waals surface area (Å²) in [4.78, 5) is 29.6. The smallest absolute Gasteiger partial charge is 0.326 e. The van der Waals surface area contributed by atoms with Gasteiger partial charge in [-0.1, -0.05) is 18.9 Å². The molecule has 2 aliphatic rings. The molecule has 3 unspecified atom stereocenters. The minimum Gasteiger partial charge on any atom is -0.496 e. The second-order valence-electron chi connectivity index (χ2n) is 7.05. The van der Waals surface area contributed by atoms with E-state index in [-0.39, 0.29) is 11.8 Å². The number of aromatic amines is 1. The fourth-order valence-corrected chi connectivity index (χ4v) is 4.58. The molecule has 132 valence electrons. The van der Waals surface area contributed by atoms with Gasteiger partial charge in [0.15, 0.2) is 0 Å². The second-order valence-corrected chi connectivity index (χ2v) is 7.05. The van der Waals surface area contributed by atoms with Gasteiger partial charge in [0.2, 0.25) is 0 Å². The Labute approximate surface area is 145 Å². The molecule has 1 aliphatic heterocycles. The Bertz CT molecular complexity index is 828. The Hall–Kier alpha value is -2.50. The number of aromatic nitrogens is 1. The number of benzene rings is 1. The summed E-state index contributed by atoms with van der Waals surface area (Å²) in [5.41, 5.74) is 1.23. The molecule has 6 heteroatoms. The molecule has 6 nitrogen and oxygen atoms in total. The first-order valence-corrected chi connectivity index (χ1v) is 8.79. The molecule has 3 atom stereocenters. The first-order valence-electron chi connectivity index (χ1n) is 8.79. The number of nitrogens with zero attached hydrogens (tertiary/aromatic N) is 1. The highest BCUT2D eigenvalue weighted by molar-refractivity contribution is 6.01. The maximum atomic E-state index is 13.1. The number of carbonyl (C=O) groups excluding carboxylic acids is 1. The van der Waals surface area contributed by atoms with Crippen molar-refractivity contribution in [1.29, 1.82) is 0 Å². The number of amides is 1. The van der Waals surface area contributed by atoms with Gasteiger partial charge < -0.3 is 19.7 Å². The van der Waals surface area contributed by atoms with Crippen LogP contribution in [0.15, 0.2) is 24.3 Å². The van der Waals surface area contributed by atoms with Crippen LogP contribution in [-0.2, 0) is 4.79 Å². The minimum atomic E-state index is -0.892. The van der Waals surface area contributed by atoms with Crippen LogP contribution in [0.2, 0.25) is 0 Å². The molecule has 1 aliphatic carbocycles. The van der Waals surface area contributed by atoms with Crippen LogP contribution in [0.4, 0.5) is 0 Å². The van der Waals surface area contributed by atoms with Gasteiger partial charge in [-0.25, -0.2) is 4.79 Å². The number of hydrogen-bond acceptors (Lipinski definition) is 3. The summed E-state index contributed by atoms with van der Waals surface area (Å²) >= 11 is 0. The molecule has 1 aromatic heterocycles. The Balaban J connectivity index is 1.69. The van der Waals surface area contributed by atoms with Gasteiger partial charge >= 0.3 is 5.97 Å². The van der Waals surface area contributed by atoms with Crippen molar-refractivity contribution in [3.8, 4) is 5.75 Å². The van der Waals surface area contributed by atoms with E-state index in [4.69, 9.17) is 4.74 Å². The average Bonchev–Trinajstić information content (AvgIpc) is 3.22. The average molecular weight is 342 g/mol. The predicted octanol–water partition coefficient (Wildman–Crippen LogP) is 2.89. The summed E-state index contributed by atoms with van der Waals surface area (Å²) in [5.74, 6) is -0.0546. The van der Waals surface area contributed by atoms with Crippen molar-refractivity contribution in [2.24, 2.45) is 11.8 Å². The number of likely N-dealkylation sites (tertiary alicyclic amines) is 1. The molecule has 25 heavy (non-hydrogen) atoms. The summed E-state index contributed by atoms with van der Waals surface area (Å²) in [7, 11) is 1.59. The Morgan fingerprint density at radius 2 is 2.08 bits per heavy atom. The van der Waals surface area contributed by atoms with Gasteiger partial charge in [-0.05, 0) is 42.9 Å². The normalized spacial score (nSPS) is 25.8. The summed E-state index contributed by atoms with van der Waals surface area (Å²) in [6.07, 6.45) is 4.08. The van der Waals surface area contributed by atoms with E-state index in [1.165, 1.54) is 0 Å². The zero-order chi connectivity index (χ0) is 17.6. The molecule has 2 N–H and O–H groups in total. The zero-order valence-corrected chi connectivity index (χ0v) is 14.2. The maximum Gasteiger partial charge on any atom is 0.326 e. The van der Waals surface area contributed by atoms with Crippen molar-refractivity contribution >= 4 is 22.8 Å². The molecular weight excluding hydrogens is 320 g/mol. The summed E-state index contributed by atoms with van der Waals surface area (Å²) in [6.45, 7) is 0.535. The first kappa shape index (κ1) is 16.0. The summed E-state index contributed by atoms with van der Waals surface area (Å²) in [6, 6.07) is 6.63. The van der Waals surface area contributed by atoms with Crippen molar-refractivity contribution in [2.45, 2.75) is 31.7 Å². The summed E-state index contributed by atoms with van der Waals surface area (Å²) < 4.78 is 5.34. The van der Waals surface area contributed by atoms with E-state index in [0.717, 1.165) is 36.6 Å². The summed E-state index contributed by atoms with van der Waals surface area (Å²) in [5, 5.41) is 10.5. The molecule has 0 radical (unpaired) electrons. The van der Waals surface area contributed by atoms with Crippen LogP contribution in [0.1, 0.15) is 36.2 Å². The molecule has 4 rings (SSSR count). The van der Waals surface area contributed by atoms with Crippen LogP contribution >= 0.6 is 0 Å². The third-order valence-electron chi connectivity index (χ3n) is 5.73. The monoisotopic (exact) mass is 342 g/mol. The Morgan fingerprint density at radius 1 is 1.28 bits per heavy atom. The number of fused-ring (bicyclic) bond motifs is 2. The number of ether oxygens (including phenoxy) is 1. The van der Waals surface area contributed by atoms with Crippen molar-refractivity contribution < 1.29 is 19.4 Å². The van der Waals surface area contributed by atoms with Gasteiger partial charge in [-0.2, -0.15) is 0 Å². The van der Waals surface area contributed by atoms with Crippen molar-refractivity contribution in [2.75, 3.05) is 13.7 Å². The SMILES string of the molecule is COc1cccc2[nH]c(C(=O)N3CC4CCCCC4C3C(=O)O)cc12. The molecule has 2 fully saturated rings. The zero-order valence-electron chi connectivity index (χ0n) is 14.2. The van der Waals surface area contributed by atoms with Gasteiger partial charge in [0, 0.05) is 17.4 Å². The minimum absolute atomic E-state index is 0.0779. The van der Waals surface area contributed by atoms with Gasteiger partial charge in [0.25, 0.3) is 5.91 Å². The quantitative estimate of drug-likeness (QED) is 0.898. The lowest BCUT2D eigenvalue weighted by Crippen LogP contribution is -2.43. The molecule has 0 bridgehead atoms. The third-order valence-corrected chi connectivity index (χ3v) is 5.73. The number of carbonyl (C=O) groups is 2. The lowest BCUT2D eigenvalue weighted by atomic mass is 9.78.